The Hall–Kier alpha value is -3.35. The summed E-state index contributed by atoms with van der Waals surface area (Å²) in [5.74, 6) is 0.109. The molecule has 0 saturated carbocycles. The van der Waals surface area contributed by atoms with Gasteiger partial charge < -0.3 is 20.1 Å². The molecule has 2 amide bonds. The molecule has 2 aromatic rings. The van der Waals surface area contributed by atoms with Crippen molar-refractivity contribution in [3.05, 3.63) is 53.6 Å². The largest absolute Gasteiger partial charge is 0.493 e. The third-order valence-electron chi connectivity index (χ3n) is 3.85. The van der Waals surface area contributed by atoms with E-state index < -0.39 is 0 Å². The van der Waals surface area contributed by atoms with Gasteiger partial charge in [0.05, 0.1) is 13.5 Å². The molecule has 2 aromatic carbocycles. The average molecular weight is 370 g/mol. The van der Waals surface area contributed by atoms with Gasteiger partial charge in [0, 0.05) is 18.3 Å². The van der Waals surface area contributed by atoms with Gasteiger partial charge in [-0.2, -0.15) is 0 Å². The number of Topliss-reactive ketones (excluding diaryl/α,β-unsaturated/α-hetero) is 1. The van der Waals surface area contributed by atoms with E-state index in [-0.39, 0.29) is 30.6 Å². The molecule has 0 heterocycles. The Morgan fingerprint density at radius 2 is 1.74 bits per heavy atom. The minimum absolute atomic E-state index is 0.0923. The highest BCUT2D eigenvalue weighted by molar-refractivity contribution is 5.95. The number of amides is 2. The second kappa shape index (κ2) is 9.38. The molecule has 0 aromatic heterocycles. The number of anilines is 1. The quantitative estimate of drug-likeness (QED) is 0.695. The summed E-state index contributed by atoms with van der Waals surface area (Å²) in [4.78, 5) is 35.3. The van der Waals surface area contributed by atoms with Crippen LogP contribution in [0, 0.1) is 0 Å². The smallest absolute Gasteiger partial charge is 0.262 e. The van der Waals surface area contributed by atoms with Gasteiger partial charge >= 0.3 is 0 Å². The summed E-state index contributed by atoms with van der Waals surface area (Å²) in [6.07, 6.45) is 0.161. The highest BCUT2D eigenvalue weighted by Crippen LogP contribution is 2.28. The zero-order chi connectivity index (χ0) is 19.8. The van der Waals surface area contributed by atoms with Crippen molar-refractivity contribution in [1.82, 2.24) is 5.32 Å². The normalized spacial score (nSPS) is 10.0. The SMILES string of the molecule is CNC(=O)Cc1ccccc1NC(=O)COc1ccc(C(C)=O)cc1OC. The maximum Gasteiger partial charge on any atom is 0.262 e. The first kappa shape index (κ1) is 20.0. The van der Waals surface area contributed by atoms with Crippen molar-refractivity contribution in [3.63, 3.8) is 0 Å². The van der Waals surface area contributed by atoms with Crippen LogP contribution in [0.5, 0.6) is 11.5 Å². The van der Waals surface area contributed by atoms with Crippen LogP contribution in [0.15, 0.2) is 42.5 Å². The molecular weight excluding hydrogens is 348 g/mol. The van der Waals surface area contributed by atoms with Gasteiger partial charge in [0.2, 0.25) is 5.91 Å². The van der Waals surface area contributed by atoms with Crippen molar-refractivity contribution in [3.8, 4) is 11.5 Å². The maximum atomic E-state index is 12.2. The lowest BCUT2D eigenvalue weighted by Gasteiger charge is -2.13. The van der Waals surface area contributed by atoms with Crippen LogP contribution >= 0.6 is 0 Å². The van der Waals surface area contributed by atoms with Gasteiger partial charge in [-0.25, -0.2) is 0 Å². The van der Waals surface area contributed by atoms with Gasteiger partial charge in [0.15, 0.2) is 23.9 Å². The van der Waals surface area contributed by atoms with E-state index in [0.29, 0.717) is 28.3 Å². The third kappa shape index (κ3) is 5.57. The molecule has 0 saturated heterocycles. The molecule has 0 aliphatic heterocycles. The minimum atomic E-state index is -0.378. The summed E-state index contributed by atoms with van der Waals surface area (Å²) >= 11 is 0. The fraction of sp³-hybridized carbons (Fsp3) is 0.250. The summed E-state index contributed by atoms with van der Waals surface area (Å²) in [7, 11) is 3.02. The van der Waals surface area contributed by atoms with Gasteiger partial charge in [-0.15, -0.1) is 0 Å². The molecule has 2 rings (SSSR count). The molecule has 0 atom stereocenters. The number of para-hydroxylation sites is 1. The fourth-order valence-electron chi connectivity index (χ4n) is 2.39. The summed E-state index contributed by atoms with van der Waals surface area (Å²) in [5.41, 5.74) is 1.74. The number of carbonyl (C=O) groups excluding carboxylic acids is 3. The topological polar surface area (TPSA) is 93.7 Å². The summed E-state index contributed by atoms with van der Waals surface area (Å²) in [5, 5.41) is 5.29. The Balaban J connectivity index is 2.03. The average Bonchev–Trinajstić information content (AvgIpc) is 2.67. The summed E-state index contributed by atoms with van der Waals surface area (Å²) in [6, 6.07) is 11.8. The van der Waals surface area contributed by atoms with Crippen molar-refractivity contribution >= 4 is 23.3 Å². The first-order valence-corrected chi connectivity index (χ1v) is 8.34. The van der Waals surface area contributed by atoms with Crippen molar-refractivity contribution in [2.75, 3.05) is 26.1 Å². The molecule has 7 heteroatoms. The number of likely N-dealkylation sites (N-methyl/N-ethyl adjacent to an activating group) is 1. The lowest BCUT2D eigenvalue weighted by Crippen LogP contribution is -2.23. The number of hydrogen-bond donors (Lipinski definition) is 2. The van der Waals surface area contributed by atoms with E-state index in [1.54, 1.807) is 49.5 Å². The number of rotatable bonds is 8. The van der Waals surface area contributed by atoms with Crippen molar-refractivity contribution in [1.29, 1.82) is 0 Å². The standard InChI is InChI=1S/C20H22N2O5/c1-13(23)14-8-9-17(18(10-14)26-3)27-12-20(25)22-16-7-5-4-6-15(16)11-19(24)21-2/h4-10H,11-12H2,1-3H3,(H,21,24)(H,22,25). The fourth-order valence-corrected chi connectivity index (χ4v) is 2.39. The summed E-state index contributed by atoms with van der Waals surface area (Å²) in [6.45, 7) is 1.21. The van der Waals surface area contributed by atoms with Crippen LogP contribution in [0.1, 0.15) is 22.8 Å². The van der Waals surface area contributed by atoms with Gasteiger partial charge in [-0.05, 0) is 36.8 Å². The molecule has 0 spiro atoms. The number of hydrogen-bond acceptors (Lipinski definition) is 5. The van der Waals surface area contributed by atoms with E-state index in [1.807, 2.05) is 0 Å². The van der Waals surface area contributed by atoms with E-state index in [2.05, 4.69) is 10.6 Å². The Bertz CT molecular complexity index is 848. The van der Waals surface area contributed by atoms with Crippen LogP contribution in [-0.4, -0.2) is 38.4 Å². The Morgan fingerprint density at radius 3 is 2.41 bits per heavy atom. The first-order chi connectivity index (χ1) is 12.9. The molecule has 0 aliphatic carbocycles. The molecule has 7 nitrogen and oxygen atoms in total. The zero-order valence-corrected chi connectivity index (χ0v) is 15.5. The molecule has 0 fully saturated rings. The van der Waals surface area contributed by atoms with E-state index >= 15 is 0 Å². The van der Waals surface area contributed by atoms with Crippen LogP contribution in [0.2, 0.25) is 0 Å². The minimum Gasteiger partial charge on any atom is -0.493 e. The van der Waals surface area contributed by atoms with Crippen LogP contribution in [0.3, 0.4) is 0 Å². The van der Waals surface area contributed by atoms with E-state index in [9.17, 15) is 14.4 Å². The zero-order valence-electron chi connectivity index (χ0n) is 15.5. The maximum absolute atomic E-state index is 12.2. The van der Waals surface area contributed by atoms with Crippen molar-refractivity contribution in [2.24, 2.45) is 0 Å². The molecule has 0 unspecified atom stereocenters. The van der Waals surface area contributed by atoms with E-state index in [4.69, 9.17) is 9.47 Å². The van der Waals surface area contributed by atoms with Gasteiger partial charge in [-0.1, -0.05) is 18.2 Å². The highest BCUT2D eigenvalue weighted by atomic mass is 16.5. The molecule has 27 heavy (non-hydrogen) atoms. The molecule has 142 valence electrons. The molecular formula is C20H22N2O5. The monoisotopic (exact) mass is 370 g/mol. The van der Waals surface area contributed by atoms with Crippen LogP contribution in [0.25, 0.3) is 0 Å². The van der Waals surface area contributed by atoms with Crippen molar-refractivity contribution < 1.29 is 23.9 Å². The lowest BCUT2D eigenvalue weighted by atomic mass is 10.1. The van der Waals surface area contributed by atoms with E-state index in [1.165, 1.54) is 14.0 Å². The van der Waals surface area contributed by atoms with Gasteiger partial charge in [0.1, 0.15) is 0 Å². The molecule has 0 radical (unpaired) electrons. The number of methoxy groups -OCH3 is 1. The molecule has 2 N–H and O–H groups in total. The van der Waals surface area contributed by atoms with Gasteiger partial charge in [0.25, 0.3) is 5.91 Å². The second-order valence-electron chi connectivity index (χ2n) is 5.77. The van der Waals surface area contributed by atoms with Crippen LogP contribution in [0.4, 0.5) is 5.69 Å². The highest BCUT2D eigenvalue weighted by Gasteiger charge is 2.12. The number of carbonyl (C=O) groups is 3. The molecule has 0 aliphatic rings. The molecule has 0 bridgehead atoms. The number of nitrogens with one attached hydrogen (secondary N) is 2. The number of benzene rings is 2. The lowest BCUT2D eigenvalue weighted by molar-refractivity contribution is -0.120. The Morgan fingerprint density at radius 1 is 1.00 bits per heavy atom. The predicted molar refractivity (Wildman–Crippen MR) is 101 cm³/mol. The summed E-state index contributed by atoms with van der Waals surface area (Å²) < 4.78 is 10.7. The second-order valence-corrected chi connectivity index (χ2v) is 5.77. The van der Waals surface area contributed by atoms with Crippen LogP contribution in [-0.2, 0) is 16.0 Å². The van der Waals surface area contributed by atoms with E-state index in [0.717, 1.165) is 0 Å². The number of ketones is 1. The first-order valence-electron chi connectivity index (χ1n) is 8.34. The predicted octanol–water partition coefficient (Wildman–Crippen LogP) is 2.20. The van der Waals surface area contributed by atoms with Crippen molar-refractivity contribution in [2.45, 2.75) is 13.3 Å². The third-order valence-corrected chi connectivity index (χ3v) is 3.85. The Kier molecular flexibility index (Phi) is 6.93. The Labute approximate surface area is 157 Å². The van der Waals surface area contributed by atoms with Gasteiger partial charge in [-0.3, -0.25) is 14.4 Å². The van der Waals surface area contributed by atoms with Crippen LogP contribution < -0.4 is 20.1 Å². The number of ether oxygens (including phenoxy) is 2.